The molecule has 0 bridgehead atoms. The number of hydrogen-bond donors (Lipinski definition) is 0. The fourth-order valence-corrected chi connectivity index (χ4v) is 0.914. The van der Waals surface area contributed by atoms with Gasteiger partial charge in [-0.25, -0.2) is 0 Å². The second-order valence-corrected chi connectivity index (χ2v) is 2.09. The highest BCUT2D eigenvalue weighted by molar-refractivity contribution is 5.82. The van der Waals surface area contributed by atoms with E-state index in [1.165, 1.54) is 16.7 Å². The molecule has 2 aliphatic rings. The molecule has 0 atom stereocenters. The van der Waals surface area contributed by atoms with Gasteiger partial charge >= 0.3 is 0 Å². The van der Waals surface area contributed by atoms with Crippen LogP contribution in [-0.2, 0) is 0 Å². The van der Waals surface area contributed by atoms with Crippen LogP contribution in [0.15, 0.2) is 18.2 Å². The Balaban J connectivity index is 2.74. The molecule has 0 nitrogen and oxygen atoms in total. The molecule has 0 heteroatoms. The lowest BCUT2D eigenvalue weighted by Gasteiger charge is -1.69. The maximum atomic E-state index is 2.20. The summed E-state index contributed by atoms with van der Waals surface area (Å²) in [5.74, 6) is 0. The van der Waals surface area contributed by atoms with Crippen LogP contribution in [0, 0.1) is 6.92 Å². The van der Waals surface area contributed by atoms with Crippen LogP contribution in [-0.4, -0.2) is 0 Å². The van der Waals surface area contributed by atoms with E-state index in [1.807, 2.05) is 0 Å². The van der Waals surface area contributed by atoms with Gasteiger partial charge in [0.25, 0.3) is 0 Å². The maximum Gasteiger partial charge on any atom is -0.0175 e. The molecule has 0 radical (unpaired) electrons. The number of aryl methyl sites for hydroxylation is 1. The first-order valence-corrected chi connectivity index (χ1v) is 2.48. The van der Waals surface area contributed by atoms with E-state index in [9.17, 15) is 0 Å². The highest BCUT2D eigenvalue weighted by Gasteiger charge is 2.10. The molecule has 0 saturated carbocycles. The van der Waals surface area contributed by atoms with Crippen molar-refractivity contribution in [1.29, 1.82) is 0 Å². The van der Waals surface area contributed by atoms with Gasteiger partial charge in [0.2, 0.25) is 0 Å². The summed E-state index contributed by atoms with van der Waals surface area (Å²) in [4.78, 5) is 0. The summed E-state index contributed by atoms with van der Waals surface area (Å²) < 4.78 is 0. The van der Waals surface area contributed by atoms with Gasteiger partial charge in [0, 0.05) is 0 Å². The van der Waals surface area contributed by atoms with Gasteiger partial charge in [-0.15, -0.1) is 0 Å². The Bertz CT molecular complexity index is 191. The SMILES string of the molecule is Cc1cc2cc-2c1. The molecular weight excluding hydrogens is 84.1 g/mol. The zero-order chi connectivity index (χ0) is 4.85. The molecule has 0 aromatic carbocycles. The largest absolute Gasteiger partial charge is 0.0514 e. The first-order chi connectivity index (χ1) is 3.36. The van der Waals surface area contributed by atoms with Crippen molar-refractivity contribution in [3.8, 4) is 11.1 Å². The first-order valence-electron chi connectivity index (χ1n) is 2.48. The van der Waals surface area contributed by atoms with Crippen LogP contribution < -0.4 is 0 Å². The molecular formula is C7H6. The Hall–Kier alpha value is -0.780. The minimum absolute atomic E-state index is 1.40. The van der Waals surface area contributed by atoms with Crippen LogP contribution in [0.4, 0.5) is 0 Å². The van der Waals surface area contributed by atoms with Crippen molar-refractivity contribution in [3.63, 3.8) is 0 Å². The third kappa shape index (κ3) is 0.310. The molecule has 0 aliphatic heterocycles. The van der Waals surface area contributed by atoms with Gasteiger partial charge in [-0.1, -0.05) is 12.1 Å². The Kier molecular flexibility index (Phi) is 0.343. The van der Waals surface area contributed by atoms with Crippen molar-refractivity contribution in [1.82, 2.24) is 0 Å². The van der Waals surface area contributed by atoms with Gasteiger partial charge < -0.3 is 0 Å². The fourth-order valence-electron chi connectivity index (χ4n) is 0.914. The Morgan fingerprint density at radius 3 is 1.86 bits per heavy atom. The predicted molar refractivity (Wildman–Crippen MR) is 30.2 cm³/mol. The topological polar surface area (TPSA) is 0 Å². The van der Waals surface area contributed by atoms with Gasteiger partial charge in [0.1, 0.15) is 0 Å². The quantitative estimate of drug-likeness (QED) is 0.464. The Labute approximate surface area is 42.8 Å². The molecule has 0 fully saturated rings. The van der Waals surface area contributed by atoms with Crippen molar-refractivity contribution in [2.45, 2.75) is 6.92 Å². The van der Waals surface area contributed by atoms with Crippen LogP contribution in [0.25, 0.3) is 11.1 Å². The lowest BCUT2D eigenvalue weighted by Crippen LogP contribution is -1.50. The third-order valence-corrected chi connectivity index (χ3v) is 1.33. The lowest BCUT2D eigenvalue weighted by atomic mass is 10.4. The minimum atomic E-state index is 1.40. The first kappa shape index (κ1) is 3.25. The monoisotopic (exact) mass is 90.0 g/mol. The van der Waals surface area contributed by atoms with Crippen molar-refractivity contribution < 1.29 is 0 Å². The molecule has 0 aromatic heterocycles. The minimum Gasteiger partial charge on any atom is -0.0514 e. The van der Waals surface area contributed by atoms with Crippen LogP contribution in [0.2, 0.25) is 0 Å². The van der Waals surface area contributed by atoms with Gasteiger partial charge in [0.05, 0.1) is 0 Å². The van der Waals surface area contributed by atoms with E-state index in [1.54, 1.807) is 0 Å². The summed E-state index contributed by atoms with van der Waals surface area (Å²) in [5.41, 5.74) is 4.28. The number of benzene rings is 1. The summed E-state index contributed by atoms with van der Waals surface area (Å²) in [6, 6.07) is 6.59. The van der Waals surface area contributed by atoms with Crippen LogP contribution in [0.5, 0.6) is 0 Å². The zero-order valence-electron chi connectivity index (χ0n) is 4.23. The molecule has 0 amide bonds. The van der Waals surface area contributed by atoms with E-state index in [0.717, 1.165) is 0 Å². The average Bonchev–Trinajstić information content (AvgIpc) is 2.15. The predicted octanol–water partition coefficient (Wildman–Crippen LogP) is 1.98. The maximum absolute atomic E-state index is 2.20. The van der Waals surface area contributed by atoms with Crippen LogP contribution in [0.3, 0.4) is 0 Å². The molecule has 2 aliphatic carbocycles. The number of rotatable bonds is 0. The molecule has 2 rings (SSSR count). The summed E-state index contributed by atoms with van der Waals surface area (Å²) in [6.45, 7) is 2.12. The zero-order valence-corrected chi connectivity index (χ0v) is 4.23. The average molecular weight is 90.1 g/mol. The molecule has 7 heavy (non-hydrogen) atoms. The highest BCUT2D eigenvalue weighted by Crippen LogP contribution is 2.35. The van der Waals surface area contributed by atoms with Gasteiger partial charge in [0.15, 0.2) is 0 Å². The molecule has 34 valence electrons. The number of fused-ring (bicyclic) bond motifs is 1. The van der Waals surface area contributed by atoms with Crippen molar-refractivity contribution in [2.75, 3.05) is 0 Å². The lowest BCUT2D eigenvalue weighted by molar-refractivity contribution is 1.55. The highest BCUT2D eigenvalue weighted by atomic mass is 14.1. The van der Waals surface area contributed by atoms with Crippen molar-refractivity contribution >= 4 is 0 Å². The van der Waals surface area contributed by atoms with Gasteiger partial charge in [-0.05, 0) is 29.7 Å². The second-order valence-electron chi connectivity index (χ2n) is 2.09. The number of hydrogen-bond acceptors (Lipinski definition) is 0. The molecule has 0 saturated heterocycles. The summed E-state index contributed by atoms with van der Waals surface area (Å²) in [6.07, 6.45) is 0. The van der Waals surface area contributed by atoms with Gasteiger partial charge in [-0.2, -0.15) is 0 Å². The second kappa shape index (κ2) is 0.738. The smallest absolute Gasteiger partial charge is 0.0175 e. The van der Waals surface area contributed by atoms with Gasteiger partial charge in [-0.3, -0.25) is 0 Å². The van der Waals surface area contributed by atoms with Crippen molar-refractivity contribution in [2.24, 2.45) is 0 Å². The van der Waals surface area contributed by atoms with Crippen LogP contribution >= 0.6 is 0 Å². The summed E-state index contributed by atoms with van der Waals surface area (Å²) in [7, 11) is 0. The standard InChI is InChI=1S/C7H6/c1-5-2-6-4-7(6)3-5/h2-4H,1H3. The van der Waals surface area contributed by atoms with Crippen molar-refractivity contribution in [3.05, 3.63) is 23.8 Å². The van der Waals surface area contributed by atoms with Crippen LogP contribution in [0.1, 0.15) is 5.56 Å². The summed E-state index contributed by atoms with van der Waals surface area (Å²) in [5, 5.41) is 0. The molecule has 0 unspecified atom stereocenters. The molecule has 0 N–H and O–H groups in total. The van der Waals surface area contributed by atoms with E-state index in [-0.39, 0.29) is 0 Å². The Morgan fingerprint density at radius 1 is 1.00 bits per heavy atom. The van der Waals surface area contributed by atoms with E-state index in [0.29, 0.717) is 0 Å². The van der Waals surface area contributed by atoms with E-state index in [2.05, 4.69) is 25.1 Å². The fraction of sp³-hybridized carbons (Fsp3) is 0.143. The third-order valence-electron chi connectivity index (χ3n) is 1.33. The molecule has 0 heterocycles. The molecule has 0 aromatic rings. The van der Waals surface area contributed by atoms with E-state index < -0.39 is 0 Å². The molecule has 0 spiro atoms. The van der Waals surface area contributed by atoms with E-state index >= 15 is 0 Å². The van der Waals surface area contributed by atoms with E-state index in [4.69, 9.17) is 0 Å². The normalized spacial score (nSPS) is 11.6. The Morgan fingerprint density at radius 2 is 1.57 bits per heavy atom. The summed E-state index contributed by atoms with van der Waals surface area (Å²) >= 11 is 0.